The molecule has 1 rings (SSSR count). The molecule has 0 fully saturated rings. The maximum Gasteiger partial charge on any atom is 0.303 e. The van der Waals surface area contributed by atoms with E-state index in [0.717, 1.165) is 5.56 Å². The van der Waals surface area contributed by atoms with E-state index in [0.29, 0.717) is 6.42 Å². The summed E-state index contributed by atoms with van der Waals surface area (Å²) in [5.41, 5.74) is 0.968. The Morgan fingerprint density at radius 2 is 2.33 bits per heavy atom. The van der Waals surface area contributed by atoms with E-state index < -0.39 is 5.97 Å². The molecule has 0 radical (unpaired) electrons. The van der Waals surface area contributed by atoms with Crippen molar-refractivity contribution in [3.63, 3.8) is 0 Å². The van der Waals surface area contributed by atoms with Gasteiger partial charge in [0.15, 0.2) is 0 Å². The van der Waals surface area contributed by atoms with E-state index >= 15 is 0 Å². The van der Waals surface area contributed by atoms with Crippen LogP contribution in [-0.2, 0) is 11.2 Å². The SMILES string of the molecule is Cl.O=C(O)CCc1cccnc1. The molecule has 0 aliphatic rings. The second-order valence-corrected chi connectivity index (χ2v) is 2.26. The van der Waals surface area contributed by atoms with E-state index in [1.54, 1.807) is 18.5 Å². The molecule has 66 valence electrons. The van der Waals surface area contributed by atoms with E-state index in [1.807, 2.05) is 6.07 Å². The average Bonchev–Trinajstić information content (AvgIpc) is 2.03. The molecule has 0 unspecified atom stereocenters. The van der Waals surface area contributed by atoms with Crippen molar-refractivity contribution in [2.45, 2.75) is 12.8 Å². The van der Waals surface area contributed by atoms with Crippen LogP contribution in [0.4, 0.5) is 0 Å². The number of aliphatic carboxylic acids is 1. The van der Waals surface area contributed by atoms with Gasteiger partial charge in [-0.1, -0.05) is 6.07 Å². The van der Waals surface area contributed by atoms with Gasteiger partial charge >= 0.3 is 5.97 Å². The van der Waals surface area contributed by atoms with Gasteiger partial charge in [0.1, 0.15) is 0 Å². The van der Waals surface area contributed by atoms with Crippen molar-refractivity contribution in [3.8, 4) is 0 Å². The molecule has 0 aliphatic heterocycles. The van der Waals surface area contributed by atoms with Crippen LogP contribution in [0.15, 0.2) is 24.5 Å². The first kappa shape index (κ1) is 10.9. The number of aromatic nitrogens is 1. The maximum absolute atomic E-state index is 10.2. The summed E-state index contributed by atoms with van der Waals surface area (Å²) in [5, 5.41) is 8.35. The lowest BCUT2D eigenvalue weighted by Gasteiger charge is -1.94. The molecule has 3 nitrogen and oxygen atoms in total. The van der Waals surface area contributed by atoms with Gasteiger partial charge in [0, 0.05) is 18.8 Å². The van der Waals surface area contributed by atoms with Crippen molar-refractivity contribution in [3.05, 3.63) is 30.1 Å². The van der Waals surface area contributed by atoms with Gasteiger partial charge < -0.3 is 5.11 Å². The first-order chi connectivity index (χ1) is 5.29. The van der Waals surface area contributed by atoms with E-state index in [2.05, 4.69) is 4.98 Å². The van der Waals surface area contributed by atoms with Crippen LogP contribution in [0.3, 0.4) is 0 Å². The highest BCUT2D eigenvalue weighted by atomic mass is 35.5. The first-order valence-electron chi connectivity index (χ1n) is 3.40. The van der Waals surface area contributed by atoms with Crippen LogP contribution in [0.25, 0.3) is 0 Å². The Hall–Kier alpha value is -1.09. The largest absolute Gasteiger partial charge is 0.481 e. The van der Waals surface area contributed by atoms with Crippen molar-refractivity contribution < 1.29 is 9.90 Å². The summed E-state index contributed by atoms with van der Waals surface area (Å²) in [7, 11) is 0. The summed E-state index contributed by atoms with van der Waals surface area (Å²) in [4.78, 5) is 14.0. The van der Waals surface area contributed by atoms with Crippen LogP contribution in [0.1, 0.15) is 12.0 Å². The minimum Gasteiger partial charge on any atom is -0.481 e. The van der Waals surface area contributed by atoms with Crippen LogP contribution in [0.2, 0.25) is 0 Å². The van der Waals surface area contributed by atoms with Gasteiger partial charge in [0.2, 0.25) is 0 Å². The Morgan fingerprint density at radius 3 is 2.83 bits per heavy atom. The van der Waals surface area contributed by atoms with Crippen LogP contribution in [0, 0.1) is 0 Å². The molecule has 0 aliphatic carbocycles. The molecule has 1 heterocycles. The Bertz CT molecular complexity index is 238. The molecule has 1 aromatic heterocycles. The third-order valence-corrected chi connectivity index (χ3v) is 1.35. The highest BCUT2D eigenvalue weighted by Gasteiger charge is 1.97. The lowest BCUT2D eigenvalue weighted by molar-refractivity contribution is -0.136. The third-order valence-electron chi connectivity index (χ3n) is 1.35. The van der Waals surface area contributed by atoms with Crippen molar-refractivity contribution in [2.75, 3.05) is 0 Å². The molecule has 0 spiro atoms. The second-order valence-electron chi connectivity index (χ2n) is 2.26. The number of rotatable bonds is 3. The van der Waals surface area contributed by atoms with E-state index in [4.69, 9.17) is 5.11 Å². The lowest BCUT2D eigenvalue weighted by Crippen LogP contribution is -1.97. The Labute approximate surface area is 76.9 Å². The number of carbonyl (C=O) groups is 1. The normalized spacial score (nSPS) is 8.67. The fourth-order valence-electron chi connectivity index (χ4n) is 0.797. The van der Waals surface area contributed by atoms with Gasteiger partial charge in [-0.3, -0.25) is 9.78 Å². The highest BCUT2D eigenvalue weighted by Crippen LogP contribution is 1.99. The fourth-order valence-corrected chi connectivity index (χ4v) is 0.797. The second kappa shape index (κ2) is 5.55. The van der Waals surface area contributed by atoms with Crippen molar-refractivity contribution in [1.82, 2.24) is 4.98 Å². The van der Waals surface area contributed by atoms with Gasteiger partial charge in [-0.15, -0.1) is 12.4 Å². The quantitative estimate of drug-likeness (QED) is 0.781. The highest BCUT2D eigenvalue weighted by molar-refractivity contribution is 5.85. The molecular weight excluding hydrogens is 178 g/mol. The number of carboxylic acid groups (broad SMARTS) is 1. The predicted molar refractivity (Wildman–Crippen MR) is 47.4 cm³/mol. The summed E-state index contributed by atoms with van der Waals surface area (Å²) in [6, 6.07) is 3.67. The number of aryl methyl sites for hydroxylation is 1. The Balaban J connectivity index is 0.00000121. The van der Waals surface area contributed by atoms with Crippen LogP contribution in [0.5, 0.6) is 0 Å². The Kier molecular flexibility index (Phi) is 5.04. The molecule has 1 aromatic rings. The molecule has 4 heteroatoms. The number of pyridine rings is 1. The van der Waals surface area contributed by atoms with E-state index in [9.17, 15) is 4.79 Å². The minimum atomic E-state index is -0.770. The maximum atomic E-state index is 10.2. The van der Waals surface area contributed by atoms with Crippen LogP contribution >= 0.6 is 12.4 Å². The van der Waals surface area contributed by atoms with E-state index in [-0.39, 0.29) is 18.8 Å². The lowest BCUT2D eigenvalue weighted by atomic mass is 10.2. The number of nitrogens with zero attached hydrogens (tertiary/aromatic N) is 1. The summed E-state index contributed by atoms with van der Waals surface area (Å²) < 4.78 is 0. The summed E-state index contributed by atoms with van der Waals surface area (Å²) in [6.45, 7) is 0. The van der Waals surface area contributed by atoms with Gasteiger partial charge in [-0.25, -0.2) is 0 Å². The van der Waals surface area contributed by atoms with Gasteiger partial charge in [0.25, 0.3) is 0 Å². The average molecular weight is 188 g/mol. The topological polar surface area (TPSA) is 50.2 Å². The molecule has 0 atom stereocenters. The molecule has 0 saturated heterocycles. The fraction of sp³-hybridized carbons (Fsp3) is 0.250. The number of carboxylic acids is 1. The van der Waals surface area contributed by atoms with Crippen LogP contribution in [-0.4, -0.2) is 16.1 Å². The molecule has 0 bridgehead atoms. The summed E-state index contributed by atoms with van der Waals surface area (Å²) in [6.07, 6.45) is 4.09. The Morgan fingerprint density at radius 1 is 1.58 bits per heavy atom. The molecule has 1 N–H and O–H groups in total. The van der Waals surface area contributed by atoms with Gasteiger partial charge in [-0.2, -0.15) is 0 Å². The predicted octanol–water partition coefficient (Wildman–Crippen LogP) is 1.52. The zero-order valence-corrected chi connectivity index (χ0v) is 7.25. The van der Waals surface area contributed by atoms with Gasteiger partial charge in [0.05, 0.1) is 0 Å². The van der Waals surface area contributed by atoms with Crippen molar-refractivity contribution >= 4 is 18.4 Å². The first-order valence-corrected chi connectivity index (χ1v) is 3.40. The van der Waals surface area contributed by atoms with Crippen LogP contribution < -0.4 is 0 Å². The smallest absolute Gasteiger partial charge is 0.303 e. The zero-order valence-electron chi connectivity index (χ0n) is 6.43. The monoisotopic (exact) mass is 187 g/mol. The molecule has 12 heavy (non-hydrogen) atoms. The number of hydrogen-bond donors (Lipinski definition) is 1. The third kappa shape index (κ3) is 3.93. The molecule has 0 saturated carbocycles. The molecule has 0 aromatic carbocycles. The minimum absolute atomic E-state index is 0. The summed E-state index contributed by atoms with van der Waals surface area (Å²) >= 11 is 0. The zero-order chi connectivity index (χ0) is 8.10. The number of hydrogen-bond acceptors (Lipinski definition) is 2. The van der Waals surface area contributed by atoms with E-state index in [1.165, 1.54) is 0 Å². The van der Waals surface area contributed by atoms with Gasteiger partial charge in [-0.05, 0) is 18.1 Å². The standard InChI is InChI=1S/C8H9NO2.ClH/c10-8(11)4-3-7-2-1-5-9-6-7;/h1-2,5-6H,3-4H2,(H,10,11);1H. The summed E-state index contributed by atoms with van der Waals surface area (Å²) in [5.74, 6) is -0.770. The molecular formula is C8H10ClNO2. The number of halogens is 1. The van der Waals surface area contributed by atoms with Crippen molar-refractivity contribution in [2.24, 2.45) is 0 Å². The molecule has 0 amide bonds. The van der Waals surface area contributed by atoms with Crippen molar-refractivity contribution in [1.29, 1.82) is 0 Å².